The van der Waals surface area contributed by atoms with Gasteiger partial charge in [0.15, 0.2) is 5.00 Å². The molecule has 18 heteroatoms. The molecule has 0 spiro atoms. The van der Waals surface area contributed by atoms with Crippen LogP contribution in [0, 0.1) is 60.7 Å². The van der Waals surface area contributed by atoms with Crippen molar-refractivity contribution in [3.63, 3.8) is 0 Å². The number of nitrogens with one attached hydrogen (secondary N) is 1. The van der Waals surface area contributed by atoms with Gasteiger partial charge in [0.05, 0.1) is 46.9 Å². The Balaban J connectivity index is 2.01. The largest absolute Gasteiger partial charge is 0.481 e. The van der Waals surface area contributed by atoms with Crippen molar-refractivity contribution in [3.8, 4) is 6.07 Å². The maximum absolute atomic E-state index is 14.2. The van der Waals surface area contributed by atoms with E-state index < -0.39 is 77.2 Å². The minimum Gasteiger partial charge on any atom is -0.481 e. The molecule has 304 valence electrons. The third-order valence-corrected chi connectivity index (χ3v) is 10.7. The van der Waals surface area contributed by atoms with Crippen LogP contribution in [0.25, 0.3) is 0 Å². The number of carboxylic acids is 5. The first kappa shape index (κ1) is 45.2. The first-order chi connectivity index (χ1) is 26.9. The fourth-order valence-corrected chi connectivity index (χ4v) is 7.54. The molecular formula is C39H46N6O11S. The molecule has 57 heavy (non-hydrogen) atoms. The molecule has 3 aromatic rings. The highest BCUT2D eigenvalue weighted by Gasteiger charge is 2.55. The number of nitrogens with zero attached hydrogens (tertiary/aromatic N) is 5. The van der Waals surface area contributed by atoms with Crippen LogP contribution in [0.2, 0.25) is 0 Å². The van der Waals surface area contributed by atoms with Crippen molar-refractivity contribution < 1.29 is 54.3 Å². The van der Waals surface area contributed by atoms with E-state index in [2.05, 4.69) is 26.0 Å². The SMILES string of the molecule is CCCN(CCNC(=O)C(C(CC(C)c1ccccc1)C(=O)O)C(C(=O)O)C(C(=O)O)C(C(=O)O)C(C)C(=O)O)c1ccc(N=Nc2snc(C)c2C#N)c(C)c1. The number of carbonyl (C=O) groups is 6. The predicted molar refractivity (Wildman–Crippen MR) is 207 cm³/mol. The number of hydrogen-bond acceptors (Lipinski definition) is 12. The van der Waals surface area contributed by atoms with Gasteiger partial charge in [-0.3, -0.25) is 28.8 Å². The van der Waals surface area contributed by atoms with Gasteiger partial charge in [-0.2, -0.15) is 9.64 Å². The first-order valence-electron chi connectivity index (χ1n) is 18.0. The molecule has 1 amide bonds. The van der Waals surface area contributed by atoms with Crippen molar-refractivity contribution in [1.82, 2.24) is 9.69 Å². The van der Waals surface area contributed by atoms with E-state index in [9.17, 15) is 59.6 Å². The number of aliphatic carboxylic acids is 5. The van der Waals surface area contributed by atoms with E-state index in [1.54, 1.807) is 63.2 Å². The number of hydrogen-bond donors (Lipinski definition) is 6. The van der Waals surface area contributed by atoms with E-state index in [0.29, 0.717) is 46.2 Å². The number of benzene rings is 2. The van der Waals surface area contributed by atoms with Crippen LogP contribution in [0.5, 0.6) is 0 Å². The van der Waals surface area contributed by atoms with Crippen molar-refractivity contribution in [2.75, 3.05) is 24.5 Å². The molecule has 0 radical (unpaired) electrons. The van der Waals surface area contributed by atoms with E-state index in [-0.39, 0.29) is 19.5 Å². The van der Waals surface area contributed by atoms with Crippen LogP contribution in [0.3, 0.4) is 0 Å². The fraction of sp³-hybridized carbons (Fsp3) is 0.436. The van der Waals surface area contributed by atoms with Crippen molar-refractivity contribution in [2.24, 2.45) is 45.7 Å². The maximum atomic E-state index is 14.2. The topological polar surface area (TPSA) is 280 Å². The van der Waals surface area contributed by atoms with Crippen molar-refractivity contribution >= 4 is 63.7 Å². The lowest BCUT2D eigenvalue weighted by Gasteiger charge is -2.35. The second kappa shape index (κ2) is 20.6. The van der Waals surface area contributed by atoms with E-state index >= 15 is 0 Å². The van der Waals surface area contributed by atoms with Crippen LogP contribution in [0.4, 0.5) is 16.4 Å². The monoisotopic (exact) mass is 806 g/mol. The van der Waals surface area contributed by atoms with Gasteiger partial charge in [0.25, 0.3) is 0 Å². The molecule has 1 aromatic heterocycles. The lowest BCUT2D eigenvalue weighted by Crippen LogP contribution is -2.53. The van der Waals surface area contributed by atoms with Crippen LogP contribution < -0.4 is 10.2 Å². The predicted octanol–water partition coefficient (Wildman–Crippen LogP) is 5.71. The Bertz CT molecular complexity index is 2010. The van der Waals surface area contributed by atoms with E-state index in [4.69, 9.17) is 0 Å². The highest BCUT2D eigenvalue weighted by Crippen LogP contribution is 2.40. The molecular weight excluding hydrogens is 761 g/mol. The number of azo groups is 1. The second-order valence-corrected chi connectivity index (χ2v) is 14.5. The molecule has 0 saturated carbocycles. The minimum absolute atomic E-state index is 0.129. The van der Waals surface area contributed by atoms with Crippen LogP contribution >= 0.6 is 11.5 Å². The van der Waals surface area contributed by atoms with Gasteiger partial charge in [0.1, 0.15) is 11.6 Å². The van der Waals surface area contributed by atoms with Crippen LogP contribution in [0.15, 0.2) is 58.8 Å². The molecule has 7 unspecified atom stereocenters. The summed E-state index contributed by atoms with van der Waals surface area (Å²) >= 11 is 1.05. The average molecular weight is 807 g/mol. The molecule has 0 saturated heterocycles. The summed E-state index contributed by atoms with van der Waals surface area (Å²) in [5.74, 6) is -24.2. The molecule has 0 aliphatic heterocycles. The zero-order valence-electron chi connectivity index (χ0n) is 32.0. The van der Waals surface area contributed by atoms with E-state index in [0.717, 1.165) is 24.0 Å². The third kappa shape index (κ3) is 11.4. The molecule has 0 aliphatic carbocycles. The number of rotatable bonds is 22. The summed E-state index contributed by atoms with van der Waals surface area (Å²) in [6.45, 7) is 8.43. The molecule has 6 N–H and O–H groups in total. The van der Waals surface area contributed by atoms with Gasteiger partial charge >= 0.3 is 29.8 Å². The zero-order valence-corrected chi connectivity index (χ0v) is 32.8. The van der Waals surface area contributed by atoms with Crippen molar-refractivity contribution in [3.05, 3.63) is 70.9 Å². The number of aromatic nitrogens is 1. The molecule has 17 nitrogen and oxygen atoms in total. The van der Waals surface area contributed by atoms with Crippen molar-refractivity contribution in [1.29, 1.82) is 5.26 Å². The van der Waals surface area contributed by atoms with E-state index in [1.165, 1.54) is 0 Å². The molecule has 0 fully saturated rings. The van der Waals surface area contributed by atoms with Crippen LogP contribution in [-0.2, 0) is 28.8 Å². The second-order valence-electron chi connectivity index (χ2n) is 13.7. The van der Waals surface area contributed by atoms with Gasteiger partial charge in [0.2, 0.25) is 5.91 Å². The maximum Gasteiger partial charge on any atom is 0.308 e. The third-order valence-electron chi connectivity index (χ3n) is 9.90. The van der Waals surface area contributed by atoms with Gasteiger partial charge in [-0.25, -0.2) is 0 Å². The molecule has 3 rings (SSSR count). The van der Waals surface area contributed by atoms with Gasteiger partial charge < -0.3 is 35.7 Å². The Labute approximate surface area is 332 Å². The van der Waals surface area contributed by atoms with Crippen LogP contribution in [-0.4, -0.2) is 85.3 Å². The molecule has 2 aromatic carbocycles. The van der Waals surface area contributed by atoms with Crippen LogP contribution in [0.1, 0.15) is 61.9 Å². The Morgan fingerprint density at radius 2 is 1.44 bits per heavy atom. The summed E-state index contributed by atoms with van der Waals surface area (Å²) in [6, 6.07) is 15.9. The Hall–Kier alpha value is -6.22. The smallest absolute Gasteiger partial charge is 0.308 e. The highest BCUT2D eigenvalue weighted by atomic mass is 32.1. The summed E-state index contributed by atoms with van der Waals surface area (Å²) in [5.41, 5.74) is 3.50. The summed E-state index contributed by atoms with van der Waals surface area (Å²) in [4.78, 5) is 79.3. The van der Waals surface area contributed by atoms with Gasteiger partial charge in [0, 0.05) is 25.3 Å². The number of carboxylic acid groups (broad SMARTS) is 5. The number of aryl methyl sites for hydroxylation is 2. The fourth-order valence-electron chi connectivity index (χ4n) is 6.86. The molecule has 0 aliphatic rings. The summed E-state index contributed by atoms with van der Waals surface area (Å²) < 4.78 is 4.14. The molecule has 1 heterocycles. The highest BCUT2D eigenvalue weighted by molar-refractivity contribution is 7.10. The van der Waals surface area contributed by atoms with Crippen molar-refractivity contribution in [2.45, 2.75) is 53.4 Å². The first-order valence-corrected chi connectivity index (χ1v) is 18.8. The van der Waals surface area contributed by atoms with Gasteiger partial charge in [-0.05, 0) is 73.5 Å². The normalized spacial score (nSPS) is 14.9. The lowest BCUT2D eigenvalue weighted by atomic mass is 9.66. The summed E-state index contributed by atoms with van der Waals surface area (Å²) in [7, 11) is 0. The van der Waals surface area contributed by atoms with Gasteiger partial charge in [-0.1, -0.05) is 51.1 Å². The summed E-state index contributed by atoms with van der Waals surface area (Å²) in [6.07, 6.45) is 0.321. The van der Waals surface area contributed by atoms with Gasteiger partial charge in [-0.15, -0.1) is 10.2 Å². The molecule has 7 atom stereocenters. The Kier molecular flexibility index (Phi) is 16.3. The quantitative estimate of drug-likeness (QED) is 0.0663. The standard InChI is InChI=1S/C39H46N6O11S/c1-6-15-45(25-12-13-28(21(3)17-25)42-43-34-27(19-40)23(5)44-57-34)16-14-41-33(46)30(26(36(49)50)18-20(2)24-10-8-7-9-11-24)32(39(55)56)31(38(53)54)29(37(51)52)22(4)35(47)48/h7-13,17,20,22,26,29-32H,6,14-16,18H2,1-5H3,(H,41,46)(H,47,48)(H,49,50)(H,51,52)(H,53,54)(H,55,56). The van der Waals surface area contributed by atoms with E-state index in [1.807, 2.05) is 17.9 Å². The number of anilines is 1. The number of carbonyl (C=O) groups excluding carboxylic acids is 1. The Morgan fingerprint density at radius 1 is 0.825 bits per heavy atom. The number of nitriles is 1. The number of amides is 1. The Morgan fingerprint density at radius 3 is 1.96 bits per heavy atom. The zero-order chi connectivity index (χ0) is 42.6. The summed E-state index contributed by atoms with van der Waals surface area (Å²) in [5, 5.41) is 71.9. The lowest BCUT2D eigenvalue weighted by molar-refractivity contribution is -0.173. The average Bonchev–Trinajstić information content (AvgIpc) is 3.52. The minimum atomic E-state index is -2.52. The molecule has 0 bridgehead atoms.